The van der Waals surface area contributed by atoms with Crippen molar-refractivity contribution in [3.05, 3.63) is 18.2 Å². The van der Waals surface area contributed by atoms with Crippen LogP contribution in [0.15, 0.2) is 23.1 Å². The monoisotopic (exact) mass is 350 g/mol. The first-order valence-electron chi connectivity index (χ1n) is 6.93. The first-order chi connectivity index (χ1) is 9.94. The summed E-state index contributed by atoms with van der Waals surface area (Å²) in [5.74, 6) is 0.904. The van der Waals surface area contributed by atoms with Gasteiger partial charge in [-0.1, -0.05) is 0 Å². The van der Waals surface area contributed by atoms with Crippen LogP contribution in [0.25, 0.3) is 0 Å². The summed E-state index contributed by atoms with van der Waals surface area (Å²) in [5, 5.41) is 3.30. The number of halogens is 1. The fraction of sp³-hybridized carbons (Fsp3) is 0.571. The molecule has 126 valence electrons. The number of piperidine rings is 1. The van der Waals surface area contributed by atoms with Gasteiger partial charge in [0, 0.05) is 30.3 Å². The van der Waals surface area contributed by atoms with Crippen LogP contribution >= 0.6 is 12.4 Å². The molecular formula is C14H23ClN2O4S. The second-order valence-corrected chi connectivity index (χ2v) is 6.96. The van der Waals surface area contributed by atoms with Gasteiger partial charge in [-0.05, 0) is 26.3 Å². The van der Waals surface area contributed by atoms with Crippen molar-refractivity contribution in [3.8, 4) is 11.5 Å². The Kier molecular flexibility index (Phi) is 6.93. The lowest BCUT2D eigenvalue weighted by Gasteiger charge is -2.28. The van der Waals surface area contributed by atoms with Crippen LogP contribution in [0, 0.1) is 0 Å². The van der Waals surface area contributed by atoms with E-state index in [4.69, 9.17) is 9.47 Å². The van der Waals surface area contributed by atoms with Gasteiger partial charge in [0.05, 0.1) is 19.1 Å². The van der Waals surface area contributed by atoms with E-state index in [2.05, 4.69) is 17.0 Å². The molecule has 1 heterocycles. The lowest BCUT2D eigenvalue weighted by atomic mass is 10.0. The van der Waals surface area contributed by atoms with Crippen LogP contribution in [0.4, 0.5) is 0 Å². The lowest BCUT2D eigenvalue weighted by Crippen LogP contribution is -2.46. The third-order valence-electron chi connectivity index (χ3n) is 3.58. The third-order valence-corrected chi connectivity index (χ3v) is 5.08. The molecule has 1 saturated heterocycles. The minimum atomic E-state index is -3.59. The maximum absolute atomic E-state index is 12.5. The Hall–Kier alpha value is -1.02. The standard InChI is InChI=1S/C14H22N2O4S.ClH/c1-10-6-11(4-5-15-10)16-21(17,18)14-8-12(19-2)7-13(9-14)20-3;/h7-11,15-16H,4-6H2,1-3H3;1H. The van der Waals surface area contributed by atoms with Crippen molar-refractivity contribution in [2.24, 2.45) is 0 Å². The van der Waals surface area contributed by atoms with Crippen molar-refractivity contribution in [3.63, 3.8) is 0 Å². The topological polar surface area (TPSA) is 76.7 Å². The van der Waals surface area contributed by atoms with E-state index in [1.807, 2.05) is 0 Å². The van der Waals surface area contributed by atoms with Crippen molar-refractivity contribution >= 4 is 22.4 Å². The summed E-state index contributed by atoms with van der Waals surface area (Å²) in [4.78, 5) is 0.157. The van der Waals surface area contributed by atoms with E-state index in [1.54, 1.807) is 6.07 Å². The van der Waals surface area contributed by atoms with E-state index in [0.29, 0.717) is 17.5 Å². The molecule has 1 fully saturated rings. The molecule has 1 aliphatic heterocycles. The Balaban J connectivity index is 0.00000242. The predicted molar refractivity (Wildman–Crippen MR) is 87.6 cm³/mol. The Morgan fingerprint density at radius 1 is 1.18 bits per heavy atom. The van der Waals surface area contributed by atoms with Gasteiger partial charge in [-0.2, -0.15) is 0 Å². The maximum atomic E-state index is 12.5. The quantitative estimate of drug-likeness (QED) is 0.842. The smallest absolute Gasteiger partial charge is 0.241 e. The molecule has 2 unspecified atom stereocenters. The van der Waals surface area contributed by atoms with Crippen molar-refractivity contribution in [2.75, 3.05) is 20.8 Å². The summed E-state index contributed by atoms with van der Waals surface area (Å²) in [6.45, 7) is 2.87. The Bertz CT molecular complexity index is 572. The highest BCUT2D eigenvalue weighted by atomic mass is 35.5. The van der Waals surface area contributed by atoms with Gasteiger partial charge in [0.1, 0.15) is 11.5 Å². The molecule has 1 aromatic carbocycles. The second kappa shape index (κ2) is 8.01. The molecule has 22 heavy (non-hydrogen) atoms. The molecule has 0 bridgehead atoms. The molecule has 1 aromatic rings. The maximum Gasteiger partial charge on any atom is 0.241 e. The average Bonchev–Trinajstić information content (AvgIpc) is 2.46. The summed E-state index contributed by atoms with van der Waals surface area (Å²) >= 11 is 0. The number of nitrogens with one attached hydrogen (secondary N) is 2. The molecule has 2 atom stereocenters. The van der Waals surface area contributed by atoms with Crippen LogP contribution in [0.3, 0.4) is 0 Å². The van der Waals surface area contributed by atoms with Gasteiger partial charge in [0.25, 0.3) is 0 Å². The lowest BCUT2D eigenvalue weighted by molar-refractivity contribution is 0.361. The van der Waals surface area contributed by atoms with Gasteiger partial charge in [-0.25, -0.2) is 13.1 Å². The van der Waals surface area contributed by atoms with Crippen LogP contribution in [0.2, 0.25) is 0 Å². The summed E-state index contributed by atoms with van der Waals surface area (Å²) in [7, 11) is -0.600. The molecule has 0 amide bonds. The van der Waals surface area contributed by atoms with Crippen LogP contribution < -0.4 is 19.5 Å². The summed E-state index contributed by atoms with van der Waals surface area (Å²) in [6, 6.07) is 4.89. The zero-order chi connectivity index (χ0) is 15.5. The summed E-state index contributed by atoms with van der Waals surface area (Å²) < 4.78 is 38.0. The number of sulfonamides is 1. The molecule has 6 nitrogen and oxygen atoms in total. The molecule has 2 N–H and O–H groups in total. The Labute approximate surface area is 138 Å². The van der Waals surface area contributed by atoms with E-state index >= 15 is 0 Å². The first kappa shape index (κ1) is 19.0. The fourth-order valence-electron chi connectivity index (χ4n) is 2.46. The molecule has 0 spiro atoms. The molecule has 0 aliphatic carbocycles. The molecule has 0 aromatic heterocycles. The largest absolute Gasteiger partial charge is 0.497 e. The highest BCUT2D eigenvalue weighted by Gasteiger charge is 2.25. The number of hydrogen-bond donors (Lipinski definition) is 2. The number of benzene rings is 1. The minimum Gasteiger partial charge on any atom is -0.497 e. The predicted octanol–water partition coefficient (Wildman–Crippen LogP) is 1.54. The Morgan fingerprint density at radius 3 is 2.27 bits per heavy atom. The van der Waals surface area contributed by atoms with Crippen molar-refractivity contribution < 1.29 is 17.9 Å². The number of methoxy groups -OCH3 is 2. The van der Waals surface area contributed by atoms with Crippen molar-refractivity contribution in [2.45, 2.75) is 36.7 Å². The molecule has 2 rings (SSSR count). The highest BCUT2D eigenvalue weighted by Crippen LogP contribution is 2.26. The zero-order valence-electron chi connectivity index (χ0n) is 13.0. The molecular weight excluding hydrogens is 328 g/mol. The van der Waals surface area contributed by atoms with Crippen LogP contribution in [-0.4, -0.2) is 41.3 Å². The molecule has 0 saturated carbocycles. The highest BCUT2D eigenvalue weighted by molar-refractivity contribution is 7.89. The molecule has 0 radical (unpaired) electrons. The third kappa shape index (κ3) is 4.74. The van der Waals surface area contributed by atoms with E-state index in [1.165, 1.54) is 26.4 Å². The van der Waals surface area contributed by atoms with Gasteiger partial charge < -0.3 is 14.8 Å². The van der Waals surface area contributed by atoms with Crippen LogP contribution in [0.5, 0.6) is 11.5 Å². The van der Waals surface area contributed by atoms with Crippen molar-refractivity contribution in [1.29, 1.82) is 0 Å². The first-order valence-corrected chi connectivity index (χ1v) is 8.41. The van der Waals surface area contributed by atoms with E-state index in [9.17, 15) is 8.42 Å². The van der Waals surface area contributed by atoms with Gasteiger partial charge in [0.15, 0.2) is 0 Å². The Morgan fingerprint density at radius 2 is 1.77 bits per heavy atom. The normalized spacial score (nSPS) is 21.8. The number of rotatable bonds is 5. The zero-order valence-corrected chi connectivity index (χ0v) is 14.6. The van der Waals surface area contributed by atoms with E-state index in [0.717, 1.165) is 19.4 Å². The molecule has 1 aliphatic rings. The van der Waals surface area contributed by atoms with Gasteiger partial charge in [-0.3, -0.25) is 0 Å². The average molecular weight is 351 g/mol. The van der Waals surface area contributed by atoms with E-state index < -0.39 is 10.0 Å². The van der Waals surface area contributed by atoms with Crippen LogP contribution in [-0.2, 0) is 10.0 Å². The van der Waals surface area contributed by atoms with Crippen molar-refractivity contribution in [1.82, 2.24) is 10.0 Å². The fourth-order valence-corrected chi connectivity index (χ4v) is 3.79. The van der Waals surface area contributed by atoms with Gasteiger partial charge in [-0.15, -0.1) is 12.4 Å². The SMILES string of the molecule is COc1cc(OC)cc(S(=O)(=O)NC2CCNC(C)C2)c1.Cl. The number of hydrogen-bond acceptors (Lipinski definition) is 5. The summed E-state index contributed by atoms with van der Waals surface area (Å²) in [6.07, 6.45) is 1.56. The summed E-state index contributed by atoms with van der Waals surface area (Å²) in [5.41, 5.74) is 0. The van der Waals surface area contributed by atoms with E-state index in [-0.39, 0.29) is 23.3 Å². The second-order valence-electron chi connectivity index (χ2n) is 5.25. The van der Waals surface area contributed by atoms with Gasteiger partial charge in [0.2, 0.25) is 10.0 Å². The van der Waals surface area contributed by atoms with Gasteiger partial charge >= 0.3 is 0 Å². The van der Waals surface area contributed by atoms with Crippen LogP contribution in [0.1, 0.15) is 19.8 Å². The number of ether oxygens (including phenoxy) is 2. The molecule has 8 heteroatoms. The minimum absolute atomic E-state index is 0.